The first-order valence-corrected chi connectivity index (χ1v) is 9.80. The van der Waals surface area contributed by atoms with E-state index in [0.29, 0.717) is 41.0 Å². The van der Waals surface area contributed by atoms with Gasteiger partial charge < -0.3 is 21.1 Å². The van der Waals surface area contributed by atoms with Gasteiger partial charge in [0, 0.05) is 24.1 Å². The highest BCUT2D eigenvalue weighted by molar-refractivity contribution is 5.98. The minimum Gasteiger partial charge on any atom is -0.481 e. The minimum absolute atomic E-state index is 0.0568. The first-order chi connectivity index (χ1) is 15.1. The van der Waals surface area contributed by atoms with Crippen LogP contribution in [0.3, 0.4) is 0 Å². The van der Waals surface area contributed by atoms with Gasteiger partial charge in [-0.3, -0.25) is 9.59 Å². The number of urea groups is 1. The number of carboxylic acids is 1. The molecule has 0 aliphatic carbocycles. The molecule has 0 heterocycles. The number of benzene rings is 3. The molecule has 0 aliphatic rings. The van der Waals surface area contributed by atoms with Crippen molar-refractivity contribution in [2.45, 2.75) is 19.4 Å². The van der Waals surface area contributed by atoms with Crippen LogP contribution in [-0.4, -0.2) is 23.5 Å². The highest BCUT2D eigenvalue weighted by Gasteiger charge is 2.15. The minimum atomic E-state index is -0.917. The second-order valence-electron chi connectivity index (χ2n) is 6.83. The third-order valence-corrected chi connectivity index (χ3v) is 4.72. The highest BCUT2D eigenvalue weighted by atomic mass is 16.4. The Bertz CT molecular complexity index is 1070. The molecule has 158 valence electrons. The van der Waals surface area contributed by atoms with E-state index in [1.165, 1.54) is 0 Å². The van der Waals surface area contributed by atoms with Gasteiger partial charge in [-0.1, -0.05) is 66.7 Å². The van der Waals surface area contributed by atoms with Crippen LogP contribution in [0.1, 0.15) is 17.5 Å². The van der Waals surface area contributed by atoms with Gasteiger partial charge in [-0.05, 0) is 23.6 Å². The van der Waals surface area contributed by atoms with Gasteiger partial charge in [0.05, 0.1) is 11.4 Å². The maximum Gasteiger partial charge on any atom is 0.319 e. The average Bonchev–Trinajstić information content (AvgIpc) is 2.78. The molecule has 7 heteroatoms. The number of carboxylic acid groups (broad SMARTS) is 1. The molecule has 0 aliphatic heterocycles. The molecule has 0 saturated carbocycles. The summed E-state index contributed by atoms with van der Waals surface area (Å²) in [5.74, 6) is -0.917. The molecule has 3 amide bonds. The smallest absolute Gasteiger partial charge is 0.319 e. The number of hydrogen-bond acceptors (Lipinski definition) is 3. The Morgan fingerprint density at radius 3 is 2.32 bits per heavy atom. The third kappa shape index (κ3) is 5.93. The van der Waals surface area contributed by atoms with Crippen LogP contribution in [0, 0.1) is 0 Å². The highest BCUT2D eigenvalue weighted by Crippen LogP contribution is 2.36. The Labute approximate surface area is 180 Å². The maximum atomic E-state index is 12.5. The van der Waals surface area contributed by atoms with E-state index in [1.54, 1.807) is 24.3 Å². The molecule has 0 unspecified atom stereocenters. The monoisotopic (exact) mass is 417 g/mol. The van der Waals surface area contributed by atoms with E-state index in [4.69, 9.17) is 5.11 Å². The number of carbonyl (C=O) groups is 3. The van der Waals surface area contributed by atoms with Crippen LogP contribution in [0.5, 0.6) is 0 Å². The lowest BCUT2D eigenvalue weighted by Crippen LogP contribution is -2.28. The Hall–Kier alpha value is -4.13. The summed E-state index contributed by atoms with van der Waals surface area (Å²) in [4.78, 5) is 34.7. The first-order valence-electron chi connectivity index (χ1n) is 9.80. The van der Waals surface area contributed by atoms with Crippen molar-refractivity contribution in [1.82, 2.24) is 5.32 Å². The number of para-hydroxylation sites is 2. The zero-order valence-corrected chi connectivity index (χ0v) is 16.8. The Balaban J connectivity index is 1.85. The number of amides is 3. The molecule has 0 aromatic heterocycles. The van der Waals surface area contributed by atoms with E-state index in [1.807, 2.05) is 48.5 Å². The summed E-state index contributed by atoms with van der Waals surface area (Å²) >= 11 is 0. The van der Waals surface area contributed by atoms with E-state index < -0.39 is 5.97 Å². The van der Waals surface area contributed by atoms with E-state index in [-0.39, 0.29) is 18.9 Å². The van der Waals surface area contributed by atoms with Crippen LogP contribution in [0.4, 0.5) is 16.2 Å². The van der Waals surface area contributed by atoms with E-state index >= 15 is 0 Å². The molecule has 3 aromatic carbocycles. The van der Waals surface area contributed by atoms with Crippen molar-refractivity contribution < 1.29 is 19.5 Å². The molecule has 4 N–H and O–H groups in total. The fourth-order valence-corrected chi connectivity index (χ4v) is 3.28. The van der Waals surface area contributed by atoms with E-state index in [0.717, 1.165) is 5.56 Å². The summed E-state index contributed by atoms with van der Waals surface area (Å²) in [6.45, 7) is 0.386. The second-order valence-corrected chi connectivity index (χ2v) is 6.83. The van der Waals surface area contributed by atoms with Gasteiger partial charge in [-0.2, -0.15) is 0 Å². The zero-order chi connectivity index (χ0) is 22.1. The van der Waals surface area contributed by atoms with Gasteiger partial charge in [-0.15, -0.1) is 0 Å². The molecule has 0 spiro atoms. The SMILES string of the molecule is O=CNc1c(CCC(=O)O)cccc1-c1ccccc1NC(=O)NCc1ccccc1. The Morgan fingerprint density at radius 2 is 1.58 bits per heavy atom. The molecule has 3 aromatic rings. The number of hydrogen-bond donors (Lipinski definition) is 4. The predicted octanol–water partition coefficient (Wildman–Crippen LogP) is 4.26. The number of aliphatic carboxylic acids is 1. The molecular weight excluding hydrogens is 394 g/mol. The van der Waals surface area contributed by atoms with Crippen LogP contribution >= 0.6 is 0 Å². The fraction of sp³-hybridized carbons (Fsp3) is 0.125. The van der Waals surface area contributed by atoms with Gasteiger partial charge in [0.2, 0.25) is 6.41 Å². The maximum absolute atomic E-state index is 12.5. The molecule has 0 fully saturated rings. The van der Waals surface area contributed by atoms with Crippen molar-refractivity contribution in [2.75, 3.05) is 10.6 Å². The number of carbonyl (C=O) groups excluding carboxylic acids is 2. The molecule has 0 atom stereocenters. The average molecular weight is 417 g/mol. The largest absolute Gasteiger partial charge is 0.481 e. The van der Waals surface area contributed by atoms with E-state index in [9.17, 15) is 14.4 Å². The molecule has 0 radical (unpaired) electrons. The fourth-order valence-electron chi connectivity index (χ4n) is 3.28. The zero-order valence-electron chi connectivity index (χ0n) is 16.8. The van der Waals surface area contributed by atoms with E-state index in [2.05, 4.69) is 16.0 Å². The molecular formula is C24H23N3O4. The standard InChI is InChI=1S/C24H23N3O4/c28-16-26-23-18(13-14-22(29)30)9-6-11-20(23)19-10-4-5-12-21(19)27-24(31)25-15-17-7-2-1-3-8-17/h1-12,16H,13-15H2,(H,26,28)(H,29,30)(H2,25,27,31). The topological polar surface area (TPSA) is 108 Å². The number of anilines is 2. The van der Waals surface area contributed by atoms with Crippen LogP contribution < -0.4 is 16.0 Å². The molecule has 0 saturated heterocycles. The van der Waals surface area contributed by atoms with Gasteiger partial charge in [0.25, 0.3) is 0 Å². The van der Waals surface area contributed by atoms with Crippen molar-refractivity contribution in [3.8, 4) is 11.1 Å². The van der Waals surface area contributed by atoms with Crippen molar-refractivity contribution in [2.24, 2.45) is 0 Å². The molecule has 3 rings (SSSR count). The number of nitrogens with one attached hydrogen (secondary N) is 3. The van der Waals surface area contributed by atoms with Crippen LogP contribution in [0.15, 0.2) is 72.8 Å². The van der Waals surface area contributed by atoms with Gasteiger partial charge in [0.15, 0.2) is 0 Å². The third-order valence-electron chi connectivity index (χ3n) is 4.72. The lowest BCUT2D eigenvalue weighted by Gasteiger charge is -2.17. The Morgan fingerprint density at radius 1 is 0.871 bits per heavy atom. The van der Waals surface area contributed by atoms with Crippen LogP contribution in [0.25, 0.3) is 11.1 Å². The van der Waals surface area contributed by atoms with Crippen molar-refractivity contribution in [3.63, 3.8) is 0 Å². The lowest BCUT2D eigenvalue weighted by atomic mass is 9.96. The Kier molecular flexibility index (Phi) is 7.37. The molecule has 0 bridgehead atoms. The van der Waals surface area contributed by atoms with Gasteiger partial charge >= 0.3 is 12.0 Å². The lowest BCUT2D eigenvalue weighted by molar-refractivity contribution is -0.136. The number of rotatable bonds is 9. The molecule has 7 nitrogen and oxygen atoms in total. The summed E-state index contributed by atoms with van der Waals surface area (Å²) in [5.41, 5.74) is 4.17. The van der Waals surface area contributed by atoms with Crippen molar-refractivity contribution in [3.05, 3.63) is 83.9 Å². The first kappa shape index (κ1) is 21.6. The summed E-state index contributed by atoms with van der Waals surface area (Å²) < 4.78 is 0. The summed E-state index contributed by atoms with van der Waals surface area (Å²) in [5, 5.41) is 17.4. The molecule has 31 heavy (non-hydrogen) atoms. The van der Waals surface area contributed by atoms with Crippen molar-refractivity contribution in [1.29, 1.82) is 0 Å². The van der Waals surface area contributed by atoms with Crippen LogP contribution in [0.2, 0.25) is 0 Å². The predicted molar refractivity (Wildman–Crippen MR) is 120 cm³/mol. The number of aryl methyl sites for hydroxylation is 1. The summed E-state index contributed by atoms with van der Waals surface area (Å²) in [6.07, 6.45) is 0.775. The van der Waals surface area contributed by atoms with Gasteiger partial charge in [-0.25, -0.2) is 4.79 Å². The summed E-state index contributed by atoms with van der Waals surface area (Å²) in [6, 6.07) is 21.8. The van der Waals surface area contributed by atoms with Crippen LogP contribution in [-0.2, 0) is 22.6 Å². The second kappa shape index (κ2) is 10.6. The summed E-state index contributed by atoms with van der Waals surface area (Å²) in [7, 11) is 0. The quantitative estimate of drug-likeness (QED) is 0.390. The van der Waals surface area contributed by atoms with Crippen molar-refractivity contribution >= 4 is 29.8 Å². The van der Waals surface area contributed by atoms with Gasteiger partial charge in [0.1, 0.15) is 0 Å². The normalized spacial score (nSPS) is 10.2.